The van der Waals surface area contributed by atoms with Crippen molar-refractivity contribution in [2.75, 3.05) is 11.9 Å². The first-order valence-electron chi connectivity index (χ1n) is 7.61. The number of carbonyl (C=O) groups excluding carboxylic acids is 1. The van der Waals surface area contributed by atoms with Crippen molar-refractivity contribution in [3.8, 4) is 0 Å². The molecule has 0 saturated heterocycles. The molecule has 0 bridgehead atoms. The zero-order valence-corrected chi connectivity index (χ0v) is 12.8. The van der Waals surface area contributed by atoms with Crippen molar-refractivity contribution in [2.45, 2.75) is 52.5 Å². The van der Waals surface area contributed by atoms with Gasteiger partial charge in [0.1, 0.15) is 0 Å². The van der Waals surface area contributed by atoms with Gasteiger partial charge < -0.3 is 10.6 Å². The van der Waals surface area contributed by atoms with Gasteiger partial charge in [-0.2, -0.15) is 0 Å². The number of rotatable bonds is 5. The molecule has 1 aromatic rings. The Labute approximate surface area is 122 Å². The Morgan fingerprint density at radius 3 is 2.55 bits per heavy atom. The third kappa shape index (κ3) is 4.26. The lowest BCUT2D eigenvalue weighted by Crippen LogP contribution is -2.24. The first-order valence-corrected chi connectivity index (χ1v) is 7.61. The van der Waals surface area contributed by atoms with E-state index in [0.717, 1.165) is 11.3 Å². The SMILES string of the molecule is CCNC(=O)Cc1ccc(NC2CCC(C)(C)C2)cc1. The van der Waals surface area contributed by atoms with Gasteiger partial charge in [0.05, 0.1) is 6.42 Å². The average molecular weight is 274 g/mol. The highest BCUT2D eigenvalue weighted by atomic mass is 16.1. The molecule has 1 fully saturated rings. The van der Waals surface area contributed by atoms with Crippen molar-refractivity contribution in [1.29, 1.82) is 0 Å². The van der Waals surface area contributed by atoms with Gasteiger partial charge in [0.15, 0.2) is 0 Å². The zero-order valence-electron chi connectivity index (χ0n) is 12.8. The maximum Gasteiger partial charge on any atom is 0.224 e. The highest BCUT2D eigenvalue weighted by Gasteiger charge is 2.30. The summed E-state index contributed by atoms with van der Waals surface area (Å²) < 4.78 is 0. The first kappa shape index (κ1) is 14.9. The molecule has 0 aromatic heterocycles. The molecule has 3 nitrogen and oxygen atoms in total. The van der Waals surface area contributed by atoms with Crippen molar-refractivity contribution in [3.05, 3.63) is 29.8 Å². The Bertz CT molecular complexity index is 451. The molecule has 2 rings (SSSR count). The number of hydrogen-bond donors (Lipinski definition) is 2. The van der Waals surface area contributed by atoms with Crippen LogP contribution >= 0.6 is 0 Å². The van der Waals surface area contributed by atoms with E-state index in [2.05, 4.69) is 36.6 Å². The van der Waals surface area contributed by atoms with Crippen LogP contribution < -0.4 is 10.6 Å². The van der Waals surface area contributed by atoms with Crippen LogP contribution in [0.1, 0.15) is 45.6 Å². The number of likely N-dealkylation sites (N-methyl/N-ethyl adjacent to an activating group) is 1. The summed E-state index contributed by atoms with van der Waals surface area (Å²) in [5, 5.41) is 6.42. The molecule has 1 saturated carbocycles. The summed E-state index contributed by atoms with van der Waals surface area (Å²) in [6.07, 6.45) is 4.23. The molecule has 0 aliphatic heterocycles. The summed E-state index contributed by atoms with van der Waals surface area (Å²) in [7, 11) is 0. The summed E-state index contributed by atoms with van der Waals surface area (Å²) in [5.74, 6) is 0.0887. The fourth-order valence-corrected chi connectivity index (χ4v) is 2.96. The molecule has 1 amide bonds. The summed E-state index contributed by atoms with van der Waals surface area (Å²) >= 11 is 0. The Morgan fingerprint density at radius 2 is 2.00 bits per heavy atom. The molecule has 1 aliphatic carbocycles. The number of benzene rings is 1. The highest BCUT2D eigenvalue weighted by Crippen LogP contribution is 2.38. The van der Waals surface area contributed by atoms with E-state index in [-0.39, 0.29) is 5.91 Å². The van der Waals surface area contributed by atoms with E-state index in [1.54, 1.807) is 0 Å². The smallest absolute Gasteiger partial charge is 0.224 e. The highest BCUT2D eigenvalue weighted by molar-refractivity contribution is 5.78. The molecule has 0 spiro atoms. The number of hydrogen-bond acceptors (Lipinski definition) is 2. The second-order valence-electron chi connectivity index (χ2n) is 6.58. The minimum Gasteiger partial charge on any atom is -0.382 e. The predicted octanol–water partition coefficient (Wildman–Crippen LogP) is 3.36. The van der Waals surface area contributed by atoms with E-state index < -0.39 is 0 Å². The summed E-state index contributed by atoms with van der Waals surface area (Å²) in [4.78, 5) is 11.5. The standard InChI is InChI=1S/C17H26N2O/c1-4-18-16(20)11-13-5-7-14(8-6-13)19-15-9-10-17(2,3)12-15/h5-8,15,19H,4,9-12H2,1-3H3,(H,18,20). The molecular formula is C17H26N2O. The molecular weight excluding hydrogens is 248 g/mol. The van der Waals surface area contributed by atoms with Gasteiger partial charge in [0, 0.05) is 18.3 Å². The van der Waals surface area contributed by atoms with Crippen molar-refractivity contribution < 1.29 is 4.79 Å². The average Bonchev–Trinajstić information content (AvgIpc) is 2.71. The zero-order chi connectivity index (χ0) is 14.6. The Balaban J connectivity index is 1.87. The van der Waals surface area contributed by atoms with Crippen molar-refractivity contribution in [3.63, 3.8) is 0 Å². The number of amides is 1. The van der Waals surface area contributed by atoms with Crippen LogP contribution in [0.4, 0.5) is 5.69 Å². The van der Waals surface area contributed by atoms with Crippen LogP contribution in [0.15, 0.2) is 24.3 Å². The third-order valence-corrected chi connectivity index (χ3v) is 4.03. The Morgan fingerprint density at radius 1 is 1.30 bits per heavy atom. The molecule has 1 aliphatic rings. The maximum absolute atomic E-state index is 11.5. The fraction of sp³-hybridized carbons (Fsp3) is 0.588. The van der Waals surface area contributed by atoms with Crippen LogP contribution in [0.2, 0.25) is 0 Å². The van der Waals surface area contributed by atoms with E-state index in [1.165, 1.54) is 19.3 Å². The fourth-order valence-electron chi connectivity index (χ4n) is 2.96. The van der Waals surface area contributed by atoms with E-state index in [0.29, 0.717) is 24.4 Å². The quantitative estimate of drug-likeness (QED) is 0.864. The topological polar surface area (TPSA) is 41.1 Å². The molecule has 110 valence electrons. The second kappa shape index (κ2) is 6.29. The first-order chi connectivity index (χ1) is 9.48. The largest absolute Gasteiger partial charge is 0.382 e. The Kier molecular flexibility index (Phi) is 4.69. The van der Waals surface area contributed by atoms with Gasteiger partial charge in [0.25, 0.3) is 0 Å². The van der Waals surface area contributed by atoms with Gasteiger partial charge in [-0.25, -0.2) is 0 Å². The normalized spacial score (nSPS) is 20.6. The third-order valence-electron chi connectivity index (χ3n) is 4.03. The van der Waals surface area contributed by atoms with Gasteiger partial charge in [-0.3, -0.25) is 4.79 Å². The molecule has 2 N–H and O–H groups in total. The van der Waals surface area contributed by atoms with Gasteiger partial charge in [-0.1, -0.05) is 26.0 Å². The van der Waals surface area contributed by atoms with Crippen LogP contribution in [0, 0.1) is 5.41 Å². The van der Waals surface area contributed by atoms with E-state index in [9.17, 15) is 4.79 Å². The lowest BCUT2D eigenvalue weighted by atomic mass is 9.92. The minimum atomic E-state index is 0.0887. The summed E-state index contributed by atoms with van der Waals surface area (Å²) in [6.45, 7) is 7.30. The maximum atomic E-state index is 11.5. The molecule has 0 heterocycles. The van der Waals surface area contributed by atoms with Crippen molar-refractivity contribution in [1.82, 2.24) is 5.32 Å². The molecule has 20 heavy (non-hydrogen) atoms. The van der Waals surface area contributed by atoms with Crippen molar-refractivity contribution >= 4 is 11.6 Å². The van der Waals surface area contributed by atoms with E-state index >= 15 is 0 Å². The van der Waals surface area contributed by atoms with E-state index in [1.807, 2.05) is 19.1 Å². The van der Waals surface area contributed by atoms with Crippen LogP contribution in [-0.2, 0) is 11.2 Å². The van der Waals surface area contributed by atoms with Crippen molar-refractivity contribution in [2.24, 2.45) is 5.41 Å². The molecule has 0 radical (unpaired) electrons. The van der Waals surface area contributed by atoms with Gasteiger partial charge in [-0.05, 0) is 49.3 Å². The lowest BCUT2D eigenvalue weighted by Gasteiger charge is -2.18. The van der Waals surface area contributed by atoms with Crippen LogP contribution in [-0.4, -0.2) is 18.5 Å². The van der Waals surface area contributed by atoms with Gasteiger partial charge in [0.2, 0.25) is 5.91 Å². The number of nitrogens with one attached hydrogen (secondary N) is 2. The lowest BCUT2D eigenvalue weighted by molar-refractivity contribution is -0.120. The molecule has 1 aromatic carbocycles. The van der Waals surface area contributed by atoms with Crippen LogP contribution in [0.25, 0.3) is 0 Å². The minimum absolute atomic E-state index is 0.0887. The monoisotopic (exact) mass is 274 g/mol. The second-order valence-corrected chi connectivity index (χ2v) is 6.58. The van der Waals surface area contributed by atoms with Crippen LogP contribution in [0.5, 0.6) is 0 Å². The van der Waals surface area contributed by atoms with Gasteiger partial charge in [-0.15, -0.1) is 0 Å². The van der Waals surface area contributed by atoms with E-state index in [4.69, 9.17) is 0 Å². The molecule has 3 heteroatoms. The molecule has 1 atom stereocenters. The summed E-state index contributed by atoms with van der Waals surface area (Å²) in [6, 6.07) is 8.83. The number of carbonyl (C=O) groups is 1. The Hall–Kier alpha value is -1.51. The van der Waals surface area contributed by atoms with Gasteiger partial charge >= 0.3 is 0 Å². The number of anilines is 1. The van der Waals surface area contributed by atoms with Crippen LogP contribution in [0.3, 0.4) is 0 Å². The molecule has 1 unspecified atom stereocenters. The summed E-state index contributed by atoms with van der Waals surface area (Å²) in [5.41, 5.74) is 2.69. The predicted molar refractivity (Wildman–Crippen MR) is 83.9 cm³/mol.